The van der Waals surface area contributed by atoms with Crippen molar-refractivity contribution in [2.45, 2.75) is 33.0 Å². The van der Waals surface area contributed by atoms with E-state index in [1.54, 1.807) is 12.4 Å². The summed E-state index contributed by atoms with van der Waals surface area (Å²) >= 11 is 0. The van der Waals surface area contributed by atoms with E-state index < -0.39 is 23.3 Å². The third-order valence-electron chi connectivity index (χ3n) is 4.05. The van der Waals surface area contributed by atoms with Crippen LogP contribution >= 0.6 is 0 Å². The largest absolute Gasteiger partial charge is 0.511 e. The standard InChI is InChI=1S/C15H16O5.C7H10N2/c1-9-4-6-10(7-5-9)8-11(16)12-13(17)19-15(2,3)20-14(12)18;1-9(2)7-3-5-8-6-4-7/h4-7,16H,8H2,1-3H3;3-6H,1-2H3. The lowest BCUT2D eigenvalue weighted by Gasteiger charge is -2.30. The lowest BCUT2D eigenvalue weighted by atomic mass is 10.1. The Bertz CT molecular complexity index is 865. The quantitative estimate of drug-likeness (QED) is 0.367. The Balaban J connectivity index is 0.000000278. The predicted molar refractivity (Wildman–Crippen MR) is 109 cm³/mol. The molecule has 1 aromatic heterocycles. The average molecular weight is 398 g/mol. The van der Waals surface area contributed by atoms with Gasteiger partial charge in [-0.25, -0.2) is 9.59 Å². The minimum absolute atomic E-state index is 0.0697. The molecule has 2 aromatic rings. The molecule has 0 radical (unpaired) electrons. The summed E-state index contributed by atoms with van der Waals surface area (Å²) in [5, 5.41) is 9.99. The molecule has 0 atom stereocenters. The number of aryl methyl sites for hydroxylation is 1. The van der Waals surface area contributed by atoms with Crippen molar-refractivity contribution in [2.24, 2.45) is 0 Å². The maximum atomic E-state index is 11.8. The van der Waals surface area contributed by atoms with Gasteiger partial charge in [0.1, 0.15) is 5.76 Å². The summed E-state index contributed by atoms with van der Waals surface area (Å²) < 4.78 is 9.87. The molecule has 0 aliphatic carbocycles. The molecule has 0 unspecified atom stereocenters. The first kappa shape index (κ1) is 21.9. The van der Waals surface area contributed by atoms with Crippen molar-refractivity contribution in [1.29, 1.82) is 0 Å². The van der Waals surface area contributed by atoms with Crippen LogP contribution in [0.25, 0.3) is 0 Å². The summed E-state index contributed by atoms with van der Waals surface area (Å²) in [6.45, 7) is 4.85. The van der Waals surface area contributed by atoms with Gasteiger partial charge >= 0.3 is 11.9 Å². The third kappa shape index (κ3) is 6.34. The summed E-state index contributed by atoms with van der Waals surface area (Å²) in [5.41, 5.74) is 2.61. The van der Waals surface area contributed by atoms with E-state index in [0.29, 0.717) is 0 Å². The number of pyridine rings is 1. The molecule has 1 aliphatic rings. The van der Waals surface area contributed by atoms with Gasteiger partial charge in [-0.2, -0.15) is 0 Å². The van der Waals surface area contributed by atoms with Gasteiger partial charge < -0.3 is 19.5 Å². The first-order chi connectivity index (χ1) is 13.6. The van der Waals surface area contributed by atoms with Gasteiger partial charge in [0.05, 0.1) is 0 Å². The number of benzene rings is 1. The summed E-state index contributed by atoms with van der Waals surface area (Å²) in [6, 6.07) is 11.3. The van der Waals surface area contributed by atoms with Crippen LogP contribution < -0.4 is 4.90 Å². The van der Waals surface area contributed by atoms with Crippen LogP contribution in [0.2, 0.25) is 0 Å². The summed E-state index contributed by atoms with van der Waals surface area (Å²) in [7, 11) is 4.02. The molecule has 1 saturated heterocycles. The monoisotopic (exact) mass is 398 g/mol. The van der Waals surface area contributed by atoms with Crippen molar-refractivity contribution in [3.63, 3.8) is 0 Å². The van der Waals surface area contributed by atoms with E-state index in [4.69, 9.17) is 9.47 Å². The maximum absolute atomic E-state index is 11.8. The fourth-order valence-corrected chi connectivity index (χ4v) is 2.52. The van der Waals surface area contributed by atoms with Crippen LogP contribution in [-0.4, -0.2) is 41.9 Å². The molecule has 3 rings (SSSR count). The number of hydrogen-bond donors (Lipinski definition) is 1. The smallest absolute Gasteiger partial charge is 0.352 e. The molecule has 1 aliphatic heterocycles. The second-order valence-electron chi connectivity index (χ2n) is 7.26. The molecular weight excluding hydrogens is 372 g/mol. The van der Waals surface area contributed by atoms with Crippen LogP contribution in [0.15, 0.2) is 60.1 Å². The number of allylic oxidation sites excluding steroid dienone is 1. The molecule has 0 amide bonds. The first-order valence-corrected chi connectivity index (χ1v) is 9.11. The zero-order valence-electron chi connectivity index (χ0n) is 17.3. The van der Waals surface area contributed by atoms with Gasteiger partial charge in [-0.1, -0.05) is 29.8 Å². The number of aromatic nitrogens is 1. The normalized spacial score (nSPS) is 14.9. The van der Waals surface area contributed by atoms with Crippen molar-refractivity contribution < 1.29 is 24.2 Å². The maximum Gasteiger partial charge on any atom is 0.352 e. The van der Waals surface area contributed by atoms with Gasteiger partial charge in [0.15, 0.2) is 5.57 Å². The molecule has 1 fully saturated rings. The number of carbonyl (C=O) groups is 2. The van der Waals surface area contributed by atoms with Crippen LogP contribution in [0, 0.1) is 6.92 Å². The van der Waals surface area contributed by atoms with E-state index in [-0.39, 0.29) is 12.2 Å². The lowest BCUT2D eigenvalue weighted by Crippen LogP contribution is -2.42. The minimum atomic E-state index is -1.30. The number of nitrogens with zero attached hydrogens (tertiary/aromatic N) is 2. The first-order valence-electron chi connectivity index (χ1n) is 9.11. The van der Waals surface area contributed by atoms with Crippen LogP contribution in [0.3, 0.4) is 0 Å². The summed E-state index contributed by atoms with van der Waals surface area (Å²) in [4.78, 5) is 29.5. The Hall–Kier alpha value is -3.35. The Kier molecular flexibility index (Phi) is 6.98. The minimum Gasteiger partial charge on any atom is -0.511 e. The molecule has 0 spiro atoms. The van der Waals surface area contributed by atoms with Gasteiger partial charge in [0.2, 0.25) is 0 Å². The highest BCUT2D eigenvalue weighted by Crippen LogP contribution is 2.25. The van der Waals surface area contributed by atoms with Crippen molar-refractivity contribution in [1.82, 2.24) is 4.98 Å². The molecule has 1 N–H and O–H groups in total. The lowest BCUT2D eigenvalue weighted by molar-refractivity contribution is -0.222. The Morgan fingerprint density at radius 3 is 1.97 bits per heavy atom. The van der Waals surface area contributed by atoms with Gasteiger partial charge in [-0.05, 0) is 24.6 Å². The highest BCUT2D eigenvalue weighted by Gasteiger charge is 2.41. The Labute approximate surface area is 170 Å². The van der Waals surface area contributed by atoms with Crippen molar-refractivity contribution in [3.05, 3.63) is 71.3 Å². The number of hydrogen-bond acceptors (Lipinski definition) is 7. The van der Waals surface area contributed by atoms with Gasteiger partial charge in [0.25, 0.3) is 5.79 Å². The third-order valence-corrected chi connectivity index (χ3v) is 4.05. The van der Waals surface area contributed by atoms with Crippen LogP contribution in [0.1, 0.15) is 25.0 Å². The molecule has 29 heavy (non-hydrogen) atoms. The van der Waals surface area contributed by atoms with E-state index in [1.807, 2.05) is 62.3 Å². The number of esters is 2. The number of rotatable bonds is 3. The van der Waals surface area contributed by atoms with Crippen LogP contribution in [0.4, 0.5) is 5.69 Å². The van der Waals surface area contributed by atoms with Gasteiger partial charge in [-0.15, -0.1) is 0 Å². The molecule has 7 nitrogen and oxygen atoms in total. The van der Waals surface area contributed by atoms with Crippen LogP contribution in [0.5, 0.6) is 0 Å². The number of ether oxygens (including phenoxy) is 2. The average Bonchev–Trinajstić information content (AvgIpc) is 2.63. The van der Waals surface area contributed by atoms with Crippen molar-refractivity contribution >= 4 is 17.6 Å². The second-order valence-corrected chi connectivity index (χ2v) is 7.26. The molecule has 154 valence electrons. The number of aliphatic hydroxyl groups excluding tert-OH is 1. The predicted octanol–water partition coefficient (Wildman–Crippen LogP) is 3.33. The van der Waals surface area contributed by atoms with Crippen molar-refractivity contribution in [2.75, 3.05) is 19.0 Å². The Morgan fingerprint density at radius 2 is 1.52 bits per heavy atom. The molecule has 0 bridgehead atoms. The number of aliphatic hydroxyl groups is 1. The fourth-order valence-electron chi connectivity index (χ4n) is 2.52. The molecular formula is C22H26N2O5. The van der Waals surface area contributed by atoms with E-state index in [9.17, 15) is 14.7 Å². The zero-order valence-corrected chi connectivity index (χ0v) is 17.3. The summed E-state index contributed by atoms with van der Waals surface area (Å²) in [6.07, 6.45) is 3.64. The fraction of sp³-hybridized carbons (Fsp3) is 0.318. The molecule has 2 heterocycles. The van der Waals surface area contributed by atoms with Crippen molar-refractivity contribution in [3.8, 4) is 0 Å². The molecule has 1 aromatic carbocycles. The molecule has 7 heteroatoms. The number of cyclic esters (lactones) is 2. The summed E-state index contributed by atoms with van der Waals surface area (Å²) in [5.74, 6) is -3.38. The number of anilines is 1. The molecule has 0 saturated carbocycles. The van der Waals surface area contributed by atoms with Crippen LogP contribution in [-0.2, 0) is 25.5 Å². The van der Waals surface area contributed by atoms with Gasteiger partial charge in [0, 0.05) is 52.4 Å². The highest BCUT2D eigenvalue weighted by atomic mass is 16.7. The second kappa shape index (κ2) is 9.23. The van der Waals surface area contributed by atoms with E-state index in [0.717, 1.165) is 11.1 Å². The SMILES string of the molecule is CN(C)c1ccncc1.Cc1ccc(CC(O)=C2C(=O)OC(C)(C)OC2=O)cc1. The highest BCUT2D eigenvalue weighted by molar-refractivity contribution is 6.15. The zero-order chi connectivity index (χ0) is 21.6. The number of carbonyl (C=O) groups excluding carboxylic acids is 2. The van der Waals surface area contributed by atoms with E-state index in [2.05, 4.69) is 4.98 Å². The van der Waals surface area contributed by atoms with E-state index >= 15 is 0 Å². The van der Waals surface area contributed by atoms with E-state index in [1.165, 1.54) is 19.5 Å². The Morgan fingerprint density at radius 1 is 1.00 bits per heavy atom. The topological polar surface area (TPSA) is 89.0 Å². The van der Waals surface area contributed by atoms with Gasteiger partial charge in [-0.3, -0.25) is 4.98 Å².